The van der Waals surface area contributed by atoms with E-state index in [9.17, 15) is 22.8 Å². The molecule has 9 heteroatoms. The third-order valence-corrected chi connectivity index (χ3v) is 3.79. The van der Waals surface area contributed by atoms with Crippen molar-refractivity contribution in [3.63, 3.8) is 0 Å². The summed E-state index contributed by atoms with van der Waals surface area (Å²) in [5, 5.41) is 2.44. The first kappa shape index (κ1) is 19.8. The molecule has 0 fully saturated rings. The Hall–Kier alpha value is -2.55. The second-order valence-corrected chi connectivity index (χ2v) is 5.94. The first-order valence-corrected chi connectivity index (χ1v) is 8.07. The topological polar surface area (TPSA) is 64.6 Å². The predicted octanol–water partition coefficient (Wildman–Crippen LogP) is 4.53. The van der Waals surface area contributed by atoms with E-state index in [1.54, 1.807) is 18.2 Å². The van der Waals surface area contributed by atoms with Crippen LogP contribution in [0.15, 0.2) is 53.0 Å². The molecule has 5 nitrogen and oxygen atoms in total. The van der Waals surface area contributed by atoms with Crippen molar-refractivity contribution < 1.29 is 32.2 Å². The summed E-state index contributed by atoms with van der Waals surface area (Å²) in [6, 6.07) is 11.2. The van der Waals surface area contributed by atoms with E-state index in [2.05, 4.69) is 26.0 Å². The van der Waals surface area contributed by atoms with Crippen LogP contribution in [0.2, 0.25) is 0 Å². The van der Waals surface area contributed by atoms with Gasteiger partial charge in [-0.15, -0.1) is 13.2 Å². The monoisotopic (exact) mass is 431 g/mol. The summed E-state index contributed by atoms with van der Waals surface area (Å²) in [5.74, 6) is -1.73. The first-order valence-electron chi connectivity index (χ1n) is 7.28. The van der Waals surface area contributed by atoms with Crippen molar-refractivity contribution in [3.8, 4) is 5.75 Å². The van der Waals surface area contributed by atoms with Gasteiger partial charge in [0.1, 0.15) is 5.75 Å². The first-order chi connectivity index (χ1) is 12.2. The molecule has 0 spiro atoms. The van der Waals surface area contributed by atoms with Crippen LogP contribution in [-0.2, 0) is 9.53 Å². The lowest BCUT2D eigenvalue weighted by Crippen LogP contribution is -2.30. The highest BCUT2D eigenvalue weighted by Gasteiger charge is 2.31. The molecule has 2 aromatic rings. The van der Waals surface area contributed by atoms with Crippen LogP contribution in [0, 0.1) is 0 Å². The van der Waals surface area contributed by atoms with Gasteiger partial charge in [0.15, 0.2) is 6.10 Å². The molecule has 1 amide bonds. The van der Waals surface area contributed by atoms with Gasteiger partial charge in [0.2, 0.25) is 0 Å². The van der Waals surface area contributed by atoms with Gasteiger partial charge in [-0.25, -0.2) is 4.79 Å². The zero-order valence-corrected chi connectivity index (χ0v) is 14.9. The SMILES string of the molecule is CC(OC(=O)c1ccccc1Br)C(=O)Nc1ccc(OC(F)(F)F)cc1. The number of carbonyl (C=O) groups excluding carboxylic acids is 2. The summed E-state index contributed by atoms with van der Waals surface area (Å²) >= 11 is 3.21. The number of amides is 1. The maximum absolute atomic E-state index is 12.1. The molecule has 1 unspecified atom stereocenters. The predicted molar refractivity (Wildman–Crippen MR) is 90.8 cm³/mol. The minimum absolute atomic E-state index is 0.230. The van der Waals surface area contributed by atoms with Crippen LogP contribution in [0.1, 0.15) is 17.3 Å². The van der Waals surface area contributed by atoms with E-state index in [0.717, 1.165) is 12.1 Å². The molecule has 1 atom stereocenters. The van der Waals surface area contributed by atoms with E-state index in [1.165, 1.54) is 25.1 Å². The van der Waals surface area contributed by atoms with Gasteiger partial charge in [-0.2, -0.15) is 0 Å². The van der Waals surface area contributed by atoms with Crippen molar-refractivity contribution in [2.45, 2.75) is 19.4 Å². The summed E-state index contributed by atoms with van der Waals surface area (Å²) in [7, 11) is 0. The lowest BCUT2D eigenvalue weighted by atomic mass is 10.2. The standard InChI is InChI=1S/C17H13BrF3NO4/c1-10(25-16(24)13-4-2-3-5-14(13)18)15(23)22-11-6-8-12(9-7-11)26-17(19,20)21/h2-10H,1H3,(H,22,23). The summed E-state index contributed by atoms with van der Waals surface area (Å²) in [6.45, 7) is 1.38. The molecule has 0 aliphatic carbocycles. The minimum atomic E-state index is -4.79. The van der Waals surface area contributed by atoms with Gasteiger partial charge in [0, 0.05) is 10.2 Å². The Morgan fingerprint density at radius 1 is 1.08 bits per heavy atom. The van der Waals surface area contributed by atoms with E-state index >= 15 is 0 Å². The Kier molecular flexibility index (Phi) is 6.25. The highest BCUT2D eigenvalue weighted by Crippen LogP contribution is 2.24. The van der Waals surface area contributed by atoms with E-state index in [-0.39, 0.29) is 11.3 Å². The molecule has 138 valence electrons. The second kappa shape index (κ2) is 8.22. The van der Waals surface area contributed by atoms with E-state index < -0.39 is 30.1 Å². The van der Waals surface area contributed by atoms with Crippen molar-refractivity contribution in [3.05, 3.63) is 58.6 Å². The Bertz CT molecular complexity index is 793. The molecular weight excluding hydrogens is 419 g/mol. The van der Waals surface area contributed by atoms with Gasteiger partial charge in [0.25, 0.3) is 5.91 Å². The Morgan fingerprint density at radius 3 is 2.27 bits per heavy atom. The molecular formula is C17H13BrF3NO4. The second-order valence-electron chi connectivity index (χ2n) is 5.09. The van der Waals surface area contributed by atoms with E-state index in [0.29, 0.717) is 4.47 Å². The average Bonchev–Trinajstić information content (AvgIpc) is 2.55. The van der Waals surface area contributed by atoms with Gasteiger partial charge in [-0.3, -0.25) is 4.79 Å². The van der Waals surface area contributed by atoms with Crippen LogP contribution >= 0.6 is 15.9 Å². The number of carbonyl (C=O) groups is 2. The van der Waals surface area contributed by atoms with Crippen LogP contribution in [0.25, 0.3) is 0 Å². The number of halogens is 4. The third kappa shape index (κ3) is 5.76. The smallest absolute Gasteiger partial charge is 0.449 e. The molecule has 0 saturated heterocycles. The average molecular weight is 432 g/mol. The lowest BCUT2D eigenvalue weighted by Gasteiger charge is -2.14. The molecule has 0 saturated carbocycles. The quantitative estimate of drug-likeness (QED) is 0.706. The maximum atomic E-state index is 12.1. The van der Waals surface area contributed by atoms with Crippen LogP contribution in [-0.4, -0.2) is 24.3 Å². The van der Waals surface area contributed by atoms with Crippen molar-refractivity contribution in [1.29, 1.82) is 0 Å². The molecule has 0 aliphatic heterocycles. The number of hydrogen-bond acceptors (Lipinski definition) is 4. The molecule has 0 radical (unpaired) electrons. The van der Waals surface area contributed by atoms with Gasteiger partial charge in [-0.1, -0.05) is 12.1 Å². The van der Waals surface area contributed by atoms with Crippen LogP contribution < -0.4 is 10.1 Å². The summed E-state index contributed by atoms with van der Waals surface area (Å²) < 4.78 is 45.7. The number of anilines is 1. The number of alkyl halides is 3. The lowest BCUT2D eigenvalue weighted by molar-refractivity contribution is -0.274. The third-order valence-electron chi connectivity index (χ3n) is 3.10. The number of nitrogens with one attached hydrogen (secondary N) is 1. The molecule has 0 heterocycles. The van der Waals surface area contributed by atoms with Crippen molar-refractivity contribution in [2.75, 3.05) is 5.32 Å². The van der Waals surface area contributed by atoms with Gasteiger partial charge in [0.05, 0.1) is 5.56 Å². The molecule has 2 rings (SSSR count). The van der Waals surface area contributed by atoms with Crippen LogP contribution in [0.4, 0.5) is 18.9 Å². The number of hydrogen-bond donors (Lipinski definition) is 1. The molecule has 2 aromatic carbocycles. The molecule has 26 heavy (non-hydrogen) atoms. The molecule has 0 bridgehead atoms. The summed E-state index contributed by atoms with van der Waals surface area (Å²) in [4.78, 5) is 24.1. The maximum Gasteiger partial charge on any atom is 0.573 e. The van der Waals surface area contributed by atoms with Gasteiger partial charge >= 0.3 is 12.3 Å². The fourth-order valence-corrected chi connectivity index (χ4v) is 2.33. The van der Waals surface area contributed by atoms with Gasteiger partial charge in [-0.05, 0) is 59.3 Å². The minimum Gasteiger partial charge on any atom is -0.449 e. The van der Waals surface area contributed by atoms with E-state index in [4.69, 9.17) is 4.74 Å². The Balaban J connectivity index is 1.94. The van der Waals surface area contributed by atoms with Crippen LogP contribution in [0.5, 0.6) is 5.75 Å². The Labute approximate surface area is 155 Å². The highest BCUT2D eigenvalue weighted by atomic mass is 79.9. The number of ether oxygens (including phenoxy) is 2. The van der Waals surface area contributed by atoms with Crippen molar-refractivity contribution >= 4 is 33.5 Å². The summed E-state index contributed by atoms with van der Waals surface area (Å²) in [6.07, 6.45) is -5.90. The van der Waals surface area contributed by atoms with E-state index in [1.807, 2.05) is 0 Å². The number of rotatable bonds is 5. The van der Waals surface area contributed by atoms with Gasteiger partial charge < -0.3 is 14.8 Å². The van der Waals surface area contributed by atoms with Crippen molar-refractivity contribution in [2.24, 2.45) is 0 Å². The fraction of sp³-hybridized carbons (Fsp3) is 0.176. The zero-order valence-electron chi connectivity index (χ0n) is 13.3. The summed E-state index contributed by atoms with van der Waals surface area (Å²) in [5.41, 5.74) is 0.495. The van der Waals surface area contributed by atoms with Crippen LogP contribution in [0.3, 0.4) is 0 Å². The Morgan fingerprint density at radius 2 is 1.69 bits per heavy atom. The largest absolute Gasteiger partial charge is 0.573 e. The fourth-order valence-electron chi connectivity index (χ4n) is 1.89. The molecule has 1 N–H and O–H groups in total. The normalized spacial score (nSPS) is 12.2. The van der Waals surface area contributed by atoms with Crippen molar-refractivity contribution in [1.82, 2.24) is 0 Å². The number of esters is 1. The number of benzene rings is 2. The zero-order chi connectivity index (χ0) is 19.3. The molecule has 0 aliphatic rings. The molecule has 0 aromatic heterocycles. The highest BCUT2D eigenvalue weighted by molar-refractivity contribution is 9.10.